The van der Waals surface area contributed by atoms with Crippen molar-refractivity contribution in [3.05, 3.63) is 40.9 Å². The Labute approximate surface area is 171 Å². The Balaban J connectivity index is 1.61. The van der Waals surface area contributed by atoms with E-state index in [9.17, 15) is 9.59 Å². The number of carbonyl (C=O) groups excluding carboxylic acids is 2. The Hall–Kier alpha value is -2.01. The van der Waals surface area contributed by atoms with Crippen molar-refractivity contribution in [1.82, 2.24) is 9.88 Å². The Morgan fingerprint density at radius 1 is 1.14 bits per heavy atom. The summed E-state index contributed by atoms with van der Waals surface area (Å²) in [5.41, 5.74) is 2.70. The molecule has 28 heavy (non-hydrogen) atoms. The SMILES string of the molecule is Cc1csc(-c2cccc(C(=O)N3CCCCC[C@@H]3[C@H]3CCCCC3=O)c2)n1. The van der Waals surface area contributed by atoms with Gasteiger partial charge < -0.3 is 4.90 Å². The first-order chi connectivity index (χ1) is 13.6. The molecule has 2 aromatic rings. The summed E-state index contributed by atoms with van der Waals surface area (Å²) in [6.07, 6.45) is 7.95. The van der Waals surface area contributed by atoms with Crippen LogP contribution >= 0.6 is 11.3 Å². The molecule has 1 saturated carbocycles. The number of hydrogen-bond acceptors (Lipinski definition) is 4. The van der Waals surface area contributed by atoms with Crippen LogP contribution in [0.4, 0.5) is 0 Å². The van der Waals surface area contributed by atoms with E-state index in [1.54, 1.807) is 11.3 Å². The molecule has 5 heteroatoms. The minimum Gasteiger partial charge on any atom is -0.335 e. The quantitative estimate of drug-likeness (QED) is 0.711. The van der Waals surface area contributed by atoms with E-state index in [1.165, 1.54) is 0 Å². The lowest BCUT2D eigenvalue weighted by Crippen LogP contribution is -2.47. The van der Waals surface area contributed by atoms with Crippen molar-refractivity contribution in [2.45, 2.75) is 64.3 Å². The average Bonchev–Trinajstić information content (AvgIpc) is 3.01. The summed E-state index contributed by atoms with van der Waals surface area (Å²) in [6.45, 7) is 2.74. The molecule has 2 aliphatic rings. The molecule has 1 amide bonds. The van der Waals surface area contributed by atoms with Crippen LogP contribution in [0.2, 0.25) is 0 Å². The summed E-state index contributed by atoms with van der Waals surface area (Å²) in [5.74, 6) is 0.462. The first-order valence-corrected chi connectivity index (χ1v) is 11.4. The fraction of sp³-hybridized carbons (Fsp3) is 0.522. The Morgan fingerprint density at radius 3 is 2.79 bits per heavy atom. The summed E-state index contributed by atoms with van der Waals surface area (Å²) >= 11 is 1.60. The highest BCUT2D eigenvalue weighted by Crippen LogP contribution is 2.33. The van der Waals surface area contributed by atoms with E-state index >= 15 is 0 Å². The molecule has 4 rings (SSSR count). The maximum absolute atomic E-state index is 13.5. The lowest BCUT2D eigenvalue weighted by Gasteiger charge is -2.37. The third-order valence-corrected chi connectivity index (χ3v) is 7.11. The zero-order valence-electron chi connectivity index (χ0n) is 16.5. The first-order valence-electron chi connectivity index (χ1n) is 10.5. The van der Waals surface area contributed by atoms with Gasteiger partial charge in [-0.1, -0.05) is 31.4 Å². The van der Waals surface area contributed by atoms with Gasteiger partial charge in [0.1, 0.15) is 10.8 Å². The number of rotatable bonds is 3. The molecule has 2 fully saturated rings. The van der Waals surface area contributed by atoms with E-state index in [0.29, 0.717) is 17.8 Å². The van der Waals surface area contributed by atoms with Gasteiger partial charge in [-0.25, -0.2) is 4.98 Å². The number of likely N-dealkylation sites (tertiary alicyclic amines) is 1. The minimum atomic E-state index is 0.0283. The summed E-state index contributed by atoms with van der Waals surface area (Å²) < 4.78 is 0. The highest BCUT2D eigenvalue weighted by Gasteiger charge is 2.37. The Morgan fingerprint density at radius 2 is 2.00 bits per heavy atom. The van der Waals surface area contributed by atoms with E-state index in [0.717, 1.165) is 67.8 Å². The number of Topliss-reactive ketones (excluding diaryl/α,β-unsaturated/α-hetero) is 1. The van der Waals surface area contributed by atoms with Gasteiger partial charge in [-0.15, -0.1) is 11.3 Å². The van der Waals surface area contributed by atoms with Crippen LogP contribution in [-0.4, -0.2) is 34.2 Å². The standard InChI is InChI=1S/C23H28N2O2S/c1-16-15-28-22(24-16)17-8-7-9-18(14-17)23(27)25-13-6-2-3-11-20(25)19-10-4-5-12-21(19)26/h7-9,14-15,19-20H,2-6,10-13H2,1H3/t19-,20-/m1/s1. The number of thiazole rings is 1. The number of nitrogens with zero attached hydrogens (tertiary/aromatic N) is 2. The smallest absolute Gasteiger partial charge is 0.254 e. The summed E-state index contributed by atoms with van der Waals surface area (Å²) in [5, 5.41) is 2.98. The van der Waals surface area contributed by atoms with Gasteiger partial charge in [-0.3, -0.25) is 9.59 Å². The van der Waals surface area contributed by atoms with Crippen molar-refractivity contribution in [1.29, 1.82) is 0 Å². The van der Waals surface area contributed by atoms with Crippen LogP contribution in [0.3, 0.4) is 0 Å². The second-order valence-corrected chi connectivity index (χ2v) is 8.97. The molecular weight excluding hydrogens is 368 g/mol. The van der Waals surface area contributed by atoms with Gasteiger partial charge in [0, 0.05) is 47.1 Å². The van der Waals surface area contributed by atoms with Crippen LogP contribution in [0.25, 0.3) is 10.6 Å². The molecule has 0 bridgehead atoms. The molecule has 1 saturated heterocycles. The summed E-state index contributed by atoms with van der Waals surface area (Å²) in [4.78, 5) is 32.7. The molecule has 0 N–H and O–H groups in total. The normalized spacial score (nSPS) is 23.5. The zero-order valence-corrected chi connectivity index (χ0v) is 17.3. The Kier molecular flexibility index (Phi) is 5.90. The van der Waals surface area contributed by atoms with Gasteiger partial charge in [-0.2, -0.15) is 0 Å². The number of aryl methyl sites for hydroxylation is 1. The zero-order chi connectivity index (χ0) is 19.5. The topological polar surface area (TPSA) is 50.3 Å². The lowest BCUT2D eigenvalue weighted by atomic mass is 9.80. The monoisotopic (exact) mass is 396 g/mol. The van der Waals surface area contributed by atoms with E-state index in [1.807, 2.05) is 41.5 Å². The molecule has 2 heterocycles. The number of benzene rings is 1. The molecule has 4 nitrogen and oxygen atoms in total. The number of hydrogen-bond donors (Lipinski definition) is 0. The first kappa shape index (κ1) is 19.3. The summed E-state index contributed by atoms with van der Waals surface area (Å²) in [6, 6.07) is 7.88. The van der Waals surface area contributed by atoms with E-state index < -0.39 is 0 Å². The van der Waals surface area contributed by atoms with Gasteiger partial charge in [0.15, 0.2) is 0 Å². The molecule has 0 spiro atoms. The molecule has 1 aliphatic carbocycles. The number of aromatic nitrogens is 1. The molecule has 1 aromatic heterocycles. The van der Waals surface area contributed by atoms with Crippen LogP contribution in [0.1, 0.15) is 67.4 Å². The third kappa shape index (κ3) is 4.04. The van der Waals surface area contributed by atoms with Crippen molar-refractivity contribution in [3.63, 3.8) is 0 Å². The van der Waals surface area contributed by atoms with Crippen molar-refractivity contribution >= 4 is 23.0 Å². The van der Waals surface area contributed by atoms with Gasteiger partial charge in [0.2, 0.25) is 0 Å². The van der Waals surface area contributed by atoms with Crippen molar-refractivity contribution in [2.24, 2.45) is 5.92 Å². The fourth-order valence-electron chi connectivity index (χ4n) is 4.66. The number of amides is 1. The van der Waals surface area contributed by atoms with E-state index in [4.69, 9.17) is 0 Å². The van der Waals surface area contributed by atoms with Crippen LogP contribution in [0, 0.1) is 12.8 Å². The largest absolute Gasteiger partial charge is 0.335 e. The molecule has 1 aromatic carbocycles. The molecule has 2 atom stereocenters. The van der Waals surface area contributed by atoms with Crippen molar-refractivity contribution in [3.8, 4) is 10.6 Å². The predicted octanol–water partition coefficient (Wildman–Crippen LogP) is 5.26. The number of carbonyl (C=O) groups is 2. The number of ketones is 1. The molecule has 0 radical (unpaired) electrons. The van der Waals surface area contributed by atoms with Gasteiger partial charge in [0.05, 0.1) is 0 Å². The maximum atomic E-state index is 13.5. The van der Waals surface area contributed by atoms with Crippen molar-refractivity contribution in [2.75, 3.05) is 6.54 Å². The molecule has 148 valence electrons. The summed E-state index contributed by atoms with van der Waals surface area (Å²) in [7, 11) is 0. The van der Waals surface area contributed by atoms with E-state index in [2.05, 4.69) is 4.98 Å². The Bertz CT molecular complexity index is 860. The molecule has 0 unspecified atom stereocenters. The minimum absolute atomic E-state index is 0.0283. The average molecular weight is 397 g/mol. The van der Waals surface area contributed by atoms with Gasteiger partial charge in [0.25, 0.3) is 5.91 Å². The molecular formula is C23H28N2O2S. The highest BCUT2D eigenvalue weighted by molar-refractivity contribution is 7.13. The second-order valence-electron chi connectivity index (χ2n) is 8.11. The highest BCUT2D eigenvalue weighted by atomic mass is 32.1. The van der Waals surface area contributed by atoms with Gasteiger partial charge >= 0.3 is 0 Å². The lowest BCUT2D eigenvalue weighted by molar-refractivity contribution is -0.126. The van der Waals surface area contributed by atoms with Gasteiger partial charge in [-0.05, 0) is 44.7 Å². The predicted molar refractivity (Wildman–Crippen MR) is 113 cm³/mol. The van der Waals surface area contributed by atoms with Crippen LogP contribution < -0.4 is 0 Å². The van der Waals surface area contributed by atoms with E-state index in [-0.39, 0.29) is 17.9 Å². The van der Waals surface area contributed by atoms with Crippen molar-refractivity contribution < 1.29 is 9.59 Å². The van der Waals surface area contributed by atoms with Crippen LogP contribution in [0.5, 0.6) is 0 Å². The second kappa shape index (κ2) is 8.56. The van der Waals surface area contributed by atoms with Crippen LogP contribution in [0.15, 0.2) is 29.6 Å². The van der Waals surface area contributed by atoms with Crippen LogP contribution in [-0.2, 0) is 4.79 Å². The fourth-order valence-corrected chi connectivity index (χ4v) is 5.45. The maximum Gasteiger partial charge on any atom is 0.254 e. The third-order valence-electron chi connectivity index (χ3n) is 6.10. The molecule has 1 aliphatic heterocycles.